The van der Waals surface area contributed by atoms with Crippen molar-refractivity contribution in [2.45, 2.75) is 39.3 Å². The number of amides is 2. The van der Waals surface area contributed by atoms with Gasteiger partial charge in [0, 0.05) is 39.1 Å². The molecule has 2 aliphatic rings. The van der Waals surface area contributed by atoms with Gasteiger partial charge in [0.1, 0.15) is 0 Å². The van der Waals surface area contributed by atoms with Crippen LogP contribution in [0.4, 0.5) is 0 Å². The highest BCUT2D eigenvalue weighted by atomic mass is 16.2. The van der Waals surface area contributed by atoms with Gasteiger partial charge in [-0.15, -0.1) is 0 Å². The van der Waals surface area contributed by atoms with E-state index in [2.05, 4.69) is 65.7 Å². The van der Waals surface area contributed by atoms with Gasteiger partial charge in [-0.1, -0.05) is 60.2 Å². The number of carbonyl (C=O) groups excluding carboxylic acids is 2. The minimum atomic E-state index is -0.234. The molecule has 0 radical (unpaired) electrons. The molecular formula is C26H33N3O2. The molecule has 2 atom stereocenters. The predicted octanol–water partition coefficient (Wildman–Crippen LogP) is 3.37. The summed E-state index contributed by atoms with van der Waals surface area (Å²) >= 11 is 0. The molecule has 2 unspecified atom stereocenters. The van der Waals surface area contributed by atoms with Crippen LogP contribution in [0.25, 0.3) is 0 Å². The van der Waals surface area contributed by atoms with Gasteiger partial charge < -0.3 is 10.2 Å². The zero-order valence-corrected chi connectivity index (χ0v) is 18.4. The average molecular weight is 420 g/mol. The van der Waals surface area contributed by atoms with E-state index in [-0.39, 0.29) is 17.7 Å². The summed E-state index contributed by atoms with van der Waals surface area (Å²) in [7, 11) is 0. The van der Waals surface area contributed by atoms with E-state index in [4.69, 9.17) is 0 Å². The molecule has 0 bridgehead atoms. The van der Waals surface area contributed by atoms with Gasteiger partial charge in [-0.2, -0.15) is 0 Å². The molecule has 31 heavy (non-hydrogen) atoms. The molecule has 0 aromatic heterocycles. The summed E-state index contributed by atoms with van der Waals surface area (Å²) < 4.78 is 0. The monoisotopic (exact) mass is 419 g/mol. The lowest BCUT2D eigenvalue weighted by atomic mass is 9.97. The highest BCUT2D eigenvalue weighted by Crippen LogP contribution is 2.22. The lowest BCUT2D eigenvalue weighted by molar-refractivity contribution is -0.129. The molecule has 5 nitrogen and oxygen atoms in total. The van der Waals surface area contributed by atoms with Crippen LogP contribution in [0.1, 0.15) is 36.0 Å². The maximum Gasteiger partial charge on any atom is 0.225 e. The number of hydrogen-bond donors (Lipinski definition) is 1. The highest BCUT2D eigenvalue weighted by Gasteiger charge is 2.34. The Kier molecular flexibility index (Phi) is 7.03. The smallest absolute Gasteiger partial charge is 0.225 e. The van der Waals surface area contributed by atoms with E-state index in [0.717, 1.165) is 31.6 Å². The number of hydrogen-bond acceptors (Lipinski definition) is 3. The fourth-order valence-corrected chi connectivity index (χ4v) is 4.71. The molecule has 4 rings (SSSR count). The van der Waals surface area contributed by atoms with Gasteiger partial charge >= 0.3 is 0 Å². The number of rotatable bonds is 7. The van der Waals surface area contributed by atoms with Crippen LogP contribution in [0.2, 0.25) is 0 Å². The van der Waals surface area contributed by atoms with Crippen LogP contribution in [0.5, 0.6) is 0 Å². The molecule has 0 spiro atoms. The number of piperidine rings is 1. The number of carbonyl (C=O) groups is 2. The van der Waals surface area contributed by atoms with Crippen LogP contribution < -0.4 is 5.32 Å². The molecular weight excluding hydrogens is 386 g/mol. The number of nitrogens with zero attached hydrogens (tertiary/aromatic N) is 2. The second-order valence-corrected chi connectivity index (χ2v) is 9.14. The summed E-state index contributed by atoms with van der Waals surface area (Å²) in [5.41, 5.74) is 3.66. The normalized spacial score (nSPS) is 22.0. The van der Waals surface area contributed by atoms with Crippen LogP contribution in [-0.4, -0.2) is 47.8 Å². The Labute approximate surface area is 185 Å². The molecule has 164 valence electrons. The van der Waals surface area contributed by atoms with E-state index in [1.165, 1.54) is 17.5 Å². The van der Waals surface area contributed by atoms with Gasteiger partial charge in [-0.25, -0.2) is 0 Å². The summed E-state index contributed by atoms with van der Waals surface area (Å²) in [4.78, 5) is 29.5. The first-order valence-electron chi connectivity index (χ1n) is 11.4. The van der Waals surface area contributed by atoms with Gasteiger partial charge in [-0.3, -0.25) is 14.5 Å². The molecule has 2 aromatic carbocycles. The van der Waals surface area contributed by atoms with Crippen molar-refractivity contribution in [2.24, 2.45) is 11.8 Å². The second-order valence-electron chi connectivity index (χ2n) is 9.14. The molecule has 2 saturated heterocycles. The lowest BCUT2D eigenvalue weighted by Gasteiger charge is -2.33. The molecule has 2 fully saturated rings. The van der Waals surface area contributed by atoms with Gasteiger partial charge in [0.05, 0.1) is 5.92 Å². The summed E-state index contributed by atoms with van der Waals surface area (Å²) in [6, 6.07) is 18.8. The third-order valence-corrected chi connectivity index (χ3v) is 6.50. The summed E-state index contributed by atoms with van der Waals surface area (Å²) in [5, 5.41) is 3.15. The van der Waals surface area contributed by atoms with Gasteiger partial charge in [-0.05, 0) is 43.4 Å². The molecule has 0 saturated carbocycles. The van der Waals surface area contributed by atoms with Crippen LogP contribution in [0, 0.1) is 18.8 Å². The van der Waals surface area contributed by atoms with Crippen molar-refractivity contribution in [1.29, 1.82) is 0 Å². The third-order valence-electron chi connectivity index (χ3n) is 6.50. The Morgan fingerprint density at radius 2 is 1.74 bits per heavy atom. The van der Waals surface area contributed by atoms with Gasteiger partial charge in [0.25, 0.3) is 0 Å². The third kappa shape index (κ3) is 5.95. The number of likely N-dealkylation sites (tertiary alicyclic amines) is 2. The summed E-state index contributed by atoms with van der Waals surface area (Å²) in [6.45, 7) is 6.95. The minimum absolute atomic E-state index is 0.0277. The van der Waals surface area contributed by atoms with Crippen molar-refractivity contribution in [3.63, 3.8) is 0 Å². The fourth-order valence-electron chi connectivity index (χ4n) is 4.71. The van der Waals surface area contributed by atoms with Gasteiger partial charge in [0.15, 0.2) is 0 Å². The van der Waals surface area contributed by atoms with Crippen molar-refractivity contribution >= 4 is 11.8 Å². The highest BCUT2D eigenvalue weighted by molar-refractivity contribution is 5.89. The number of benzene rings is 2. The van der Waals surface area contributed by atoms with Crippen LogP contribution in [0.15, 0.2) is 54.6 Å². The van der Waals surface area contributed by atoms with E-state index in [9.17, 15) is 9.59 Å². The first-order chi connectivity index (χ1) is 15.1. The van der Waals surface area contributed by atoms with Crippen molar-refractivity contribution in [3.05, 3.63) is 71.3 Å². The quantitative estimate of drug-likeness (QED) is 0.749. The Morgan fingerprint density at radius 3 is 2.52 bits per heavy atom. The standard InChI is InChI=1S/C26H33N3O2/c1-20-9-11-22(12-10-20)18-29-19-24(14-25(29)30)26(31)27-15-23-8-5-13-28(17-23)16-21-6-3-2-4-7-21/h2-4,6-7,9-12,23-24H,5,8,13-19H2,1H3,(H,27,31). The summed E-state index contributed by atoms with van der Waals surface area (Å²) in [5.74, 6) is 0.344. The van der Waals surface area contributed by atoms with Crippen LogP contribution in [-0.2, 0) is 22.7 Å². The van der Waals surface area contributed by atoms with E-state index in [1.807, 2.05) is 11.0 Å². The molecule has 2 aromatic rings. The van der Waals surface area contributed by atoms with E-state index >= 15 is 0 Å². The number of aryl methyl sites for hydroxylation is 1. The number of nitrogens with one attached hydrogen (secondary N) is 1. The van der Waals surface area contributed by atoms with Crippen molar-refractivity contribution in [1.82, 2.24) is 15.1 Å². The maximum atomic E-state index is 12.7. The molecule has 2 aliphatic heterocycles. The second kappa shape index (κ2) is 10.1. The van der Waals surface area contributed by atoms with E-state index < -0.39 is 0 Å². The lowest BCUT2D eigenvalue weighted by Crippen LogP contribution is -2.42. The topological polar surface area (TPSA) is 52.7 Å². The zero-order chi connectivity index (χ0) is 21.6. The first kappa shape index (κ1) is 21.6. The zero-order valence-electron chi connectivity index (χ0n) is 18.4. The van der Waals surface area contributed by atoms with Crippen LogP contribution in [0.3, 0.4) is 0 Å². The molecule has 2 heterocycles. The van der Waals surface area contributed by atoms with Crippen molar-refractivity contribution in [2.75, 3.05) is 26.2 Å². The molecule has 0 aliphatic carbocycles. The van der Waals surface area contributed by atoms with E-state index in [0.29, 0.717) is 32.0 Å². The Hall–Kier alpha value is -2.66. The SMILES string of the molecule is Cc1ccc(CN2CC(C(=O)NCC3CCCN(Cc4ccccc4)C3)CC2=O)cc1. The van der Waals surface area contributed by atoms with Crippen molar-refractivity contribution < 1.29 is 9.59 Å². The van der Waals surface area contributed by atoms with Gasteiger partial charge in [0.2, 0.25) is 11.8 Å². The average Bonchev–Trinajstić information content (AvgIpc) is 3.15. The maximum absolute atomic E-state index is 12.7. The molecule has 2 amide bonds. The first-order valence-corrected chi connectivity index (χ1v) is 11.4. The minimum Gasteiger partial charge on any atom is -0.355 e. The van der Waals surface area contributed by atoms with Crippen LogP contribution >= 0.6 is 0 Å². The fraction of sp³-hybridized carbons (Fsp3) is 0.462. The summed E-state index contributed by atoms with van der Waals surface area (Å²) in [6.07, 6.45) is 2.64. The largest absolute Gasteiger partial charge is 0.355 e. The molecule has 5 heteroatoms. The van der Waals surface area contributed by atoms with Crippen molar-refractivity contribution in [3.8, 4) is 0 Å². The Morgan fingerprint density at radius 1 is 1.00 bits per heavy atom. The van der Waals surface area contributed by atoms with E-state index in [1.54, 1.807) is 0 Å². The predicted molar refractivity (Wildman–Crippen MR) is 122 cm³/mol. The Bertz CT molecular complexity index is 881. The Balaban J connectivity index is 1.23. The molecule has 1 N–H and O–H groups in total.